The van der Waals surface area contributed by atoms with Crippen LogP contribution in [0.25, 0.3) is 0 Å². The molecule has 0 aromatic heterocycles. The van der Waals surface area contributed by atoms with E-state index in [9.17, 15) is 9.18 Å². The molecule has 10 heavy (non-hydrogen) atoms. The van der Waals surface area contributed by atoms with E-state index < -0.39 is 6.04 Å². The monoisotopic (exact) mass is 138 g/mol. The van der Waals surface area contributed by atoms with Crippen molar-refractivity contribution in [1.29, 1.82) is 0 Å². The summed E-state index contributed by atoms with van der Waals surface area (Å²) in [6.45, 7) is 1.70. The Morgan fingerprint density at radius 1 is 1.40 bits per heavy atom. The Kier molecular flexibility index (Phi) is 1.81. The Hall–Kier alpha value is -1.18. The molecule has 0 aliphatic rings. The average molecular weight is 138 g/mol. The van der Waals surface area contributed by atoms with Crippen LogP contribution in [0.15, 0.2) is 24.3 Å². The summed E-state index contributed by atoms with van der Waals surface area (Å²) >= 11 is 0. The van der Waals surface area contributed by atoms with Crippen molar-refractivity contribution in [2.45, 2.75) is 6.92 Å². The number of carbonyl (C=O) groups excluding carboxylic acids is 1. The maximum Gasteiger partial charge on any atom is 0.332 e. The van der Waals surface area contributed by atoms with Gasteiger partial charge < -0.3 is 0 Å². The molecule has 0 atom stereocenters. The number of hydrogen-bond acceptors (Lipinski definition) is 1. The van der Waals surface area contributed by atoms with Gasteiger partial charge in [0.1, 0.15) is 0 Å². The zero-order valence-electron chi connectivity index (χ0n) is 5.60. The lowest BCUT2D eigenvalue weighted by molar-refractivity contribution is 0.0835. The fourth-order valence-corrected chi connectivity index (χ4v) is 0.793. The lowest BCUT2D eigenvalue weighted by Gasteiger charge is -1.95. The van der Waals surface area contributed by atoms with Crippen molar-refractivity contribution in [1.82, 2.24) is 0 Å². The molecule has 0 saturated heterocycles. The van der Waals surface area contributed by atoms with E-state index in [2.05, 4.69) is 0 Å². The molecule has 0 heterocycles. The van der Waals surface area contributed by atoms with Gasteiger partial charge in [-0.05, 0) is 18.6 Å². The molecule has 0 saturated carbocycles. The molecule has 0 spiro atoms. The number of carbonyl (C=O) groups is 1. The first kappa shape index (κ1) is 6.93. The fourth-order valence-electron chi connectivity index (χ4n) is 0.793. The van der Waals surface area contributed by atoms with E-state index in [1.807, 2.05) is 0 Å². The molecular formula is C8H7FO. The van der Waals surface area contributed by atoms with Gasteiger partial charge >= 0.3 is 6.04 Å². The Morgan fingerprint density at radius 2 is 2.00 bits per heavy atom. The van der Waals surface area contributed by atoms with E-state index in [0.29, 0.717) is 5.56 Å². The van der Waals surface area contributed by atoms with Crippen LogP contribution in [0.1, 0.15) is 15.9 Å². The maximum atomic E-state index is 12.1. The van der Waals surface area contributed by atoms with Gasteiger partial charge in [-0.3, -0.25) is 4.79 Å². The smallest absolute Gasteiger partial charge is 0.255 e. The van der Waals surface area contributed by atoms with Crippen LogP contribution in [0.4, 0.5) is 4.39 Å². The van der Waals surface area contributed by atoms with E-state index in [0.717, 1.165) is 0 Å². The van der Waals surface area contributed by atoms with Gasteiger partial charge in [-0.1, -0.05) is 18.2 Å². The highest BCUT2D eigenvalue weighted by atomic mass is 19.1. The normalized spacial score (nSPS) is 9.40. The summed E-state index contributed by atoms with van der Waals surface area (Å²) in [5, 5.41) is 0. The fraction of sp³-hybridized carbons (Fsp3) is 0.125. The van der Waals surface area contributed by atoms with Gasteiger partial charge in [0.05, 0.1) is 5.56 Å². The van der Waals surface area contributed by atoms with Crippen molar-refractivity contribution in [3.8, 4) is 0 Å². The van der Waals surface area contributed by atoms with Crippen LogP contribution in [0.2, 0.25) is 0 Å². The number of aryl methyl sites for hydroxylation is 1. The third kappa shape index (κ3) is 1.21. The van der Waals surface area contributed by atoms with Gasteiger partial charge in [-0.15, -0.1) is 0 Å². The quantitative estimate of drug-likeness (QED) is 0.543. The summed E-state index contributed by atoms with van der Waals surface area (Å²) in [6, 6.07) is 5.21. The SMILES string of the molecule is Cc1ccccc1C(=O)F. The Labute approximate surface area is 58.5 Å². The predicted octanol–water partition coefficient (Wildman–Crippen LogP) is 2.10. The molecule has 1 nitrogen and oxygen atoms in total. The molecule has 2 heteroatoms. The minimum absolute atomic E-state index is 0.155. The Balaban J connectivity index is 3.15. The third-order valence-electron chi connectivity index (χ3n) is 1.36. The van der Waals surface area contributed by atoms with Crippen LogP contribution >= 0.6 is 0 Å². The second-order valence-corrected chi connectivity index (χ2v) is 2.09. The minimum atomic E-state index is -1.36. The van der Waals surface area contributed by atoms with Crippen LogP contribution in [-0.4, -0.2) is 6.04 Å². The molecule has 0 amide bonds. The first-order chi connectivity index (χ1) is 4.72. The molecule has 0 aliphatic carbocycles. The summed E-state index contributed by atoms with van der Waals surface area (Å²) < 4.78 is 12.1. The average Bonchev–Trinajstić information content (AvgIpc) is 1.88. The van der Waals surface area contributed by atoms with Crippen molar-refractivity contribution >= 4 is 6.04 Å². The van der Waals surface area contributed by atoms with Crippen LogP contribution in [0, 0.1) is 6.92 Å². The summed E-state index contributed by atoms with van der Waals surface area (Å²) in [5.41, 5.74) is 0.831. The third-order valence-corrected chi connectivity index (χ3v) is 1.36. The molecule has 1 aromatic carbocycles. The van der Waals surface area contributed by atoms with Crippen LogP contribution < -0.4 is 0 Å². The van der Waals surface area contributed by atoms with Crippen molar-refractivity contribution in [2.24, 2.45) is 0 Å². The van der Waals surface area contributed by atoms with Gasteiger partial charge in [0, 0.05) is 0 Å². The minimum Gasteiger partial charge on any atom is -0.255 e. The summed E-state index contributed by atoms with van der Waals surface area (Å²) in [4.78, 5) is 10.2. The highest BCUT2D eigenvalue weighted by Gasteiger charge is 2.04. The van der Waals surface area contributed by atoms with Gasteiger partial charge in [0.2, 0.25) is 0 Å². The van der Waals surface area contributed by atoms with Crippen molar-refractivity contribution in [3.63, 3.8) is 0 Å². The first-order valence-electron chi connectivity index (χ1n) is 2.97. The zero-order valence-corrected chi connectivity index (χ0v) is 5.60. The summed E-state index contributed by atoms with van der Waals surface area (Å²) in [7, 11) is 0. The Morgan fingerprint density at radius 3 is 2.40 bits per heavy atom. The molecule has 52 valence electrons. The van der Waals surface area contributed by atoms with Gasteiger partial charge in [-0.2, -0.15) is 4.39 Å². The first-order valence-corrected chi connectivity index (χ1v) is 2.97. The van der Waals surface area contributed by atoms with E-state index in [1.165, 1.54) is 6.07 Å². The molecule has 0 aliphatic heterocycles. The van der Waals surface area contributed by atoms with E-state index >= 15 is 0 Å². The van der Waals surface area contributed by atoms with Gasteiger partial charge in [0.15, 0.2) is 0 Å². The van der Waals surface area contributed by atoms with Crippen molar-refractivity contribution in [3.05, 3.63) is 35.4 Å². The second-order valence-electron chi connectivity index (χ2n) is 2.09. The van der Waals surface area contributed by atoms with Gasteiger partial charge in [-0.25, -0.2) is 0 Å². The molecule has 0 unspecified atom stereocenters. The highest BCUT2D eigenvalue weighted by molar-refractivity contribution is 5.89. The summed E-state index contributed by atoms with van der Waals surface area (Å²) in [5.74, 6) is 0. The van der Waals surface area contributed by atoms with Crippen LogP contribution in [0.5, 0.6) is 0 Å². The molecule has 1 aromatic rings. The number of halogens is 1. The van der Waals surface area contributed by atoms with E-state index in [1.54, 1.807) is 25.1 Å². The molecule has 0 fully saturated rings. The van der Waals surface area contributed by atoms with E-state index in [-0.39, 0.29) is 5.56 Å². The standard InChI is InChI=1S/C8H7FO/c1-6-4-2-3-5-7(6)8(9)10/h2-5H,1H3. The van der Waals surface area contributed by atoms with Crippen LogP contribution in [0.3, 0.4) is 0 Å². The second kappa shape index (κ2) is 2.60. The lowest BCUT2D eigenvalue weighted by Crippen LogP contribution is -1.92. The molecule has 1 rings (SSSR count). The number of benzene rings is 1. The van der Waals surface area contributed by atoms with Crippen LogP contribution in [-0.2, 0) is 0 Å². The van der Waals surface area contributed by atoms with Gasteiger partial charge in [0.25, 0.3) is 0 Å². The topological polar surface area (TPSA) is 17.1 Å². The van der Waals surface area contributed by atoms with Crippen molar-refractivity contribution in [2.75, 3.05) is 0 Å². The number of hydrogen-bond donors (Lipinski definition) is 0. The predicted molar refractivity (Wildman–Crippen MR) is 36.6 cm³/mol. The maximum absolute atomic E-state index is 12.1. The Bertz CT molecular complexity index is 255. The largest absolute Gasteiger partial charge is 0.332 e. The molecule has 0 radical (unpaired) electrons. The van der Waals surface area contributed by atoms with Crippen molar-refractivity contribution < 1.29 is 9.18 Å². The summed E-state index contributed by atoms with van der Waals surface area (Å²) in [6.07, 6.45) is 0. The molecule has 0 N–H and O–H groups in total. The van der Waals surface area contributed by atoms with E-state index in [4.69, 9.17) is 0 Å². The number of rotatable bonds is 1. The highest BCUT2D eigenvalue weighted by Crippen LogP contribution is 2.07. The molecular weight excluding hydrogens is 131 g/mol. The zero-order chi connectivity index (χ0) is 7.56. The lowest BCUT2D eigenvalue weighted by atomic mass is 10.1. The molecule has 0 bridgehead atoms.